The summed E-state index contributed by atoms with van der Waals surface area (Å²) in [5.41, 5.74) is 20.7. The van der Waals surface area contributed by atoms with Gasteiger partial charge in [-0.1, -0.05) is 147 Å². The molecule has 5 heterocycles. The zero-order valence-corrected chi connectivity index (χ0v) is 30.3. The van der Waals surface area contributed by atoms with Gasteiger partial charge in [-0.25, -0.2) is 0 Å². The summed E-state index contributed by atoms with van der Waals surface area (Å²) in [5, 5.41) is 7.42. The maximum absolute atomic E-state index is 2.78. The molecule has 1 aromatic heterocycles. The Hall–Kier alpha value is -5.84. The second kappa shape index (κ2) is 8.96. The number of para-hydroxylation sites is 3. The minimum atomic E-state index is -2.70. The van der Waals surface area contributed by atoms with Gasteiger partial charge in [0, 0.05) is 50.2 Å². The van der Waals surface area contributed by atoms with Crippen LogP contribution in [0.25, 0.3) is 44.4 Å². The van der Waals surface area contributed by atoms with E-state index in [-0.39, 0.29) is 12.3 Å². The number of rotatable bonds is 0. The highest BCUT2D eigenvalue weighted by Crippen LogP contribution is 2.56. The number of benzene rings is 7. The molecule has 242 valence electrons. The summed E-state index contributed by atoms with van der Waals surface area (Å²) in [6, 6.07) is 56.6. The molecule has 0 unspecified atom stereocenters. The molecule has 5 aliphatic rings. The molecule has 7 aromatic carbocycles. The summed E-state index contributed by atoms with van der Waals surface area (Å²) in [6.07, 6.45) is 0. The van der Waals surface area contributed by atoms with Crippen molar-refractivity contribution in [3.05, 3.63) is 162 Å². The fourth-order valence-electron chi connectivity index (χ4n) is 11.7. The first-order chi connectivity index (χ1) is 25.5. The molecule has 0 N–H and O–H groups in total. The molecule has 2 nitrogen and oxygen atoms in total. The second-order valence-electron chi connectivity index (χ2n) is 16.1. The normalized spacial score (nSPS) is 16.2. The van der Waals surface area contributed by atoms with E-state index in [2.05, 4.69) is 176 Å². The lowest BCUT2D eigenvalue weighted by Crippen LogP contribution is -2.77. The molecule has 0 saturated heterocycles. The molecule has 13 rings (SSSR count). The minimum Gasteiger partial charge on any atom is -0.375 e. The van der Waals surface area contributed by atoms with Crippen molar-refractivity contribution in [3.63, 3.8) is 0 Å². The van der Waals surface area contributed by atoms with Gasteiger partial charge in [-0.15, -0.1) is 0 Å². The van der Waals surface area contributed by atoms with Gasteiger partial charge < -0.3 is 9.38 Å². The van der Waals surface area contributed by atoms with Crippen molar-refractivity contribution in [1.82, 2.24) is 4.48 Å². The summed E-state index contributed by atoms with van der Waals surface area (Å²) in [5.74, 6) is 0. The van der Waals surface area contributed by atoms with Crippen LogP contribution < -0.4 is 36.6 Å². The summed E-state index contributed by atoms with van der Waals surface area (Å²) in [7, 11) is -2.70. The van der Waals surface area contributed by atoms with Gasteiger partial charge in [-0.3, -0.25) is 0 Å². The van der Waals surface area contributed by atoms with Gasteiger partial charge in [-0.2, -0.15) is 0 Å². The lowest BCUT2D eigenvalue weighted by Gasteiger charge is -2.49. The van der Waals surface area contributed by atoms with Gasteiger partial charge >= 0.3 is 6.85 Å². The third-order valence-electron chi connectivity index (χ3n) is 13.4. The highest BCUT2D eigenvalue weighted by Gasteiger charge is 2.57. The van der Waals surface area contributed by atoms with Crippen molar-refractivity contribution in [2.45, 2.75) is 26.2 Å². The van der Waals surface area contributed by atoms with E-state index in [1.54, 1.807) is 0 Å². The lowest BCUT2D eigenvalue weighted by atomic mass is 9.45. The Labute approximate surface area is 304 Å². The molecule has 0 fully saturated rings. The monoisotopic (exact) mass is 676 g/mol. The topological polar surface area (TPSA) is 8.17 Å². The molecule has 0 radical (unpaired) electrons. The van der Waals surface area contributed by atoms with Crippen LogP contribution in [0.2, 0.25) is 0 Å². The minimum absolute atomic E-state index is 0.0445. The van der Waals surface area contributed by atoms with Crippen molar-refractivity contribution in [3.8, 4) is 33.5 Å². The van der Waals surface area contributed by atoms with E-state index in [0.29, 0.717) is 0 Å². The van der Waals surface area contributed by atoms with Crippen LogP contribution in [0.4, 0.5) is 17.1 Å². The Kier molecular flexibility index (Phi) is 4.79. The number of aromatic nitrogens is 1. The van der Waals surface area contributed by atoms with E-state index >= 15 is 0 Å². The fourth-order valence-corrected chi connectivity index (χ4v) is 17.2. The molecule has 0 saturated carbocycles. The first kappa shape index (κ1) is 27.8. The molecule has 4 heteroatoms. The lowest BCUT2D eigenvalue weighted by molar-refractivity contribution is 0.666. The fraction of sp³-hybridized carbons (Fsp3) is 0.0833. The van der Waals surface area contributed by atoms with Gasteiger partial charge in [0.2, 0.25) is 0 Å². The maximum atomic E-state index is 2.78. The Morgan fingerprint density at radius 1 is 0.558 bits per heavy atom. The summed E-state index contributed by atoms with van der Waals surface area (Å²) >= 11 is 0. The van der Waals surface area contributed by atoms with Crippen LogP contribution in [0.3, 0.4) is 0 Å². The predicted octanol–water partition coefficient (Wildman–Crippen LogP) is 7.34. The van der Waals surface area contributed by atoms with E-state index in [9.17, 15) is 0 Å². The molecule has 1 spiro atoms. The molecule has 4 aliphatic heterocycles. The van der Waals surface area contributed by atoms with Crippen LogP contribution in [0.1, 0.15) is 30.5 Å². The van der Waals surface area contributed by atoms with Crippen LogP contribution >= 0.6 is 0 Å². The van der Waals surface area contributed by atoms with Crippen LogP contribution in [0.5, 0.6) is 0 Å². The van der Waals surface area contributed by atoms with Crippen LogP contribution in [0.15, 0.2) is 146 Å². The molecule has 0 atom stereocenters. The van der Waals surface area contributed by atoms with Crippen molar-refractivity contribution in [1.29, 1.82) is 0 Å². The first-order valence-corrected chi connectivity index (χ1v) is 20.7. The van der Waals surface area contributed by atoms with Gasteiger partial charge in [0.15, 0.2) is 8.07 Å². The van der Waals surface area contributed by atoms with Gasteiger partial charge in [0.05, 0.1) is 0 Å². The van der Waals surface area contributed by atoms with Crippen LogP contribution in [-0.4, -0.2) is 19.4 Å². The number of hydrogen-bond acceptors (Lipinski definition) is 1. The molecule has 1 aliphatic carbocycles. The zero-order valence-electron chi connectivity index (χ0n) is 29.3. The third-order valence-corrected chi connectivity index (χ3v) is 18.3. The van der Waals surface area contributed by atoms with Gasteiger partial charge in [-0.05, 0) is 84.1 Å². The first-order valence-electron chi connectivity index (χ1n) is 18.7. The average molecular weight is 677 g/mol. The van der Waals surface area contributed by atoms with Crippen molar-refractivity contribution < 1.29 is 0 Å². The molecular weight excluding hydrogens is 643 g/mol. The van der Waals surface area contributed by atoms with Crippen molar-refractivity contribution >= 4 is 74.6 Å². The molecular formula is C48H33BN2Si. The zero-order chi connectivity index (χ0) is 34.2. The Morgan fingerprint density at radius 3 is 1.98 bits per heavy atom. The third kappa shape index (κ3) is 2.84. The highest BCUT2D eigenvalue weighted by atomic mass is 28.3. The largest absolute Gasteiger partial charge is 0.375 e. The summed E-state index contributed by atoms with van der Waals surface area (Å²) in [4.78, 5) is 2.68. The number of hydrogen-bond donors (Lipinski definition) is 0. The molecule has 8 aromatic rings. The average Bonchev–Trinajstić information content (AvgIpc) is 3.76. The quantitative estimate of drug-likeness (QED) is 0.153. The Balaban J connectivity index is 1.24. The SMILES string of the molecule is Cc1cc2c3c(c1)N1c4ccccc4[Si]4(c5ccccc5-c5ccccc54)c4cccc(c41)B3n1c3c(c4cccc-2c41)C(C)(C)c1ccccc1-3. The van der Waals surface area contributed by atoms with Crippen molar-refractivity contribution in [2.75, 3.05) is 4.90 Å². The number of nitrogens with zero attached hydrogens (tertiary/aromatic N) is 2. The van der Waals surface area contributed by atoms with E-state index in [1.807, 2.05) is 0 Å². The second-order valence-corrected chi connectivity index (χ2v) is 19.7. The van der Waals surface area contributed by atoms with E-state index < -0.39 is 8.07 Å². The Bertz CT molecular complexity index is 2940. The van der Waals surface area contributed by atoms with Crippen molar-refractivity contribution in [2.24, 2.45) is 0 Å². The molecule has 0 amide bonds. The maximum Gasteiger partial charge on any atom is 0.333 e. The summed E-state index contributed by atoms with van der Waals surface area (Å²) < 4.78 is 2.78. The van der Waals surface area contributed by atoms with E-state index in [0.717, 1.165) is 0 Å². The van der Waals surface area contributed by atoms with Gasteiger partial charge in [0.25, 0.3) is 0 Å². The molecule has 52 heavy (non-hydrogen) atoms. The number of anilines is 3. The molecule has 0 bridgehead atoms. The Morgan fingerprint density at radius 2 is 1.19 bits per heavy atom. The predicted molar refractivity (Wildman–Crippen MR) is 221 cm³/mol. The van der Waals surface area contributed by atoms with Crippen LogP contribution in [0, 0.1) is 6.92 Å². The van der Waals surface area contributed by atoms with E-state index in [1.165, 1.54) is 110 Å². The van der Waals surface area contributed by atoms with E-state index in [4.69, 9.17) is 0 Å². The summed E-state index contributed by atoms with van der Waals surface area (Å²) in [6.45, 7) is 7.20. The standard InChI is InChI=1S/C48H33BN2Si/c1-28-26-34-31-17-12-18-33-43-46(32-16-4-7-19-35(32)48(43,2)3)51(45(31)33)49-36-20-13-25-42-47(36)50(38(27-28)44(34)49)37-21-8-11-24-41(37)52(42)39-22-9-5-14-29(39)30-15-6-10-23-40(30)52/h4-27H,1-3H3. The highest BCUT2D eigenvalue weighted by molar-refractivity contribution is 7.24. The number of fused-ring (bicyclic) bond motifs is 18. The number of aryl methyl sites for hydroxylation is 1. The van der Waals surface area contributed by atoms with Gasteiger partial charge in [0.1, 0.15) is 0 Å². The van der Waals surface area contributed by atoms with Crippen LogP contribution in [-0.2, 0) is 5.41 Å². The smallest absolute Gasteiger partial charge is 0.333 e.